The summed E-state index contributed by atoms with van der Waals surface area (Å²) in [5, 5.41) is 3.79. The number of carbonyl (C=O) groups is 2. The number of nitrogens with zero attached hydrogens (tertiary/aromatic N) is 3. The number of hydrogen-bond acceptors (Lipinski definition) is 5. The van der Waals surface area contributed by atoms with Crippen molar-refractivity contribution in [3.05, 3.63) is 64.1 Å². The molecular weight excluding hydrogens is 310 g/mol. The molecule has 0 spiro atoms. The summed E-state index contributed by atoms with van der Waals surface area (Å²) >= 11 is 0. The van der Waals surface area contributed by atoms with Gasteiger partial charge in [0, 0.05) is 26.2 Å². The molecule has 1 heterocycles. The summed E-state index contributed by atoms with van der Waals surface area (Å²) in [7, 11) is 1.43. The van der Waals surface area contributed by atoms with E-state index in [1.54, 1.807) is 4.90 Å². The molecule has 126 valence electrons. The van der Waals surface area contributed by atoms with Crippen LogP contribution < -0.4 is 5.56 Å². The lowest BCUT2D eigenvalue weighted by Gasteiger charge is -2.20. The maximum absolute atomic E-state index is 12.2. The highest BCUT2D eigenvalue weighted by atomic mass is 16.5. The van der Waals surface area contributed by atoms with Gasteiger partial charge in [0.2, 0.25) is 0 Å². The van der Waals surface area contributed by atoms with E-state index in [0.29, 0.717) is 13.1 Å². The van der Waals surface area contributed by atoms with E-state index in [1.807, 2.05) is 37.3 Å². The first kappa shape index (κ1) is 17.4. The number of aryl methyl sites for hydroxylation is 1. The molecule has 0 radical (unpaired) electrons. The van der Waals surface area contributed by atoms with Crippen LogP contribution >= 0.6 is 0 Å². The zero-order chi connectivity index (χ0) is 17.5. The van der Waals surface area contributed by atoms with E-state index in [4.69, 9.17) is 4.74 Å². The van der Waals surface area contributed by atoms with Gasteiger partial charge in [0.1, 0.15) is 0 Å². The van der Waals surface area contributed by atoms with E-state index in [1.165, 1.54) is 19.2 Å². The molecule has 1 aromatic heterocycles. The van der Waals surface area contributed by atoms with Gasteiger partial charge in [-0.25, -0.2) is 9.48 Å². The Morgan fingerprint density at radius 3 is 2.50 bits per heavy atom. The topological polar surface area (TPSA) is 81.5 Å². The summed E-state index contributed by atoms with van der Waals surface area (Å²) in [5.41, 5.74) is 0.650. The Balaban J connectivity index is 1.94. The van der Waals surface area contributed by atoms with Gasteiger partial charge in [0.25, 0.3) is 11.5 Å². The van der Waals surface area contributed by atoms with Crippen molar-refractivity contribution in [1.29, 1.82) is 0 Å². The number of ether oxygens (including phenoxy) is 1. The van der Waals surface area contributed by atoms with Crippen LogP contribution in [0.4, 0.5) is 0 Å². The first-order valence-electron chi connectivity index (χ1n) is 7.54. The number of amides is 1. The Morgan fingerprint density at radius 2 is 1.88 bits per heavy atom. The second-order valence-electron chi connectivity index (χ2n) is 5.15. The highest BCUT2D eigenvalue weighted by molar-refractivity contribution is 5.89. The molecule has 0 saturated heterocycles. The van der Waals surface area contributed by atoms with Gasteiger partial charge in [-0.05, 0) is 18.6 Å². The average Bonchev–Trinajstić information content (AvgIpc) is 2.60. The van der Waals surface area contributed by atoms with Gasteiger partial charge in [-0.15, -0.1) is 0 Å². The standard InChI is InChI=1S/C17H19N3O4/c1-3-20(11-13-7-5-4-6-8-13)16(22)12-24-17(23)14-9-10-15(21)19(2)18-14/h4-10H,3,11-12H2,1-2H3. The van der Waals surface area contributed by atoms with E-state index in [9.17, 15) is 14.4 Å². The minimum Gasteiger partial charge on any atom is -0.451 e. The van der Waals surface area contributed by atoms with E-state index in [0.717, 1.165) is 10.2 Å². The summed E-state index contributed by atoms with van der Waals surface area (Å²) in [6, 6.07) is 12.1. The second-order valence-corrected chi connectivity index (χ2v) is 5.15. The molecule has 0 saturated carbocycles. The van der Waals surface area contributed by atoms with E-state index < -0.39 is 5.97 Å². The predicted molar refractivity (Wildman–Crippen MR) is 87.3 cm³/mol. The van der Waals surface area contributed by atoms with Crippen LogP contribution in [0.15, 0.2) is 47.3 Å². The molecule has 0 aliphatic carbocycles. The molecule has 0 unspecified atom stereocenters. The molecule has 1 amide bonds. The predicted octanol–water partition coefficient (Wildman–Crippen LogP) is 0.986. The lowest BCUT2D eigenvalue weighted by Crippen LogP contribution is -2.34. The molecule has 2 rings (SSSR count). The third kappa shape index (κ3) is 4.52. The Morgan fingerprint density at radius 1 is 1.17 bits per heavy atom. The summed E-state index contributed by atoms with van der Waals surface area (Å²) in [6.45, 7) is 2.44. The fourth-order valence-corrected chi connectivity index (χ4v) is 2.08. The lowest BCUT2D eigenvalue weighted by molar-refractivity contribution is -0.134. The van der Waals surface area contributed by atoms with Crippen molar-refractivity contribution in [2.45, 2.75) is 13.5 Å². The first-order valence-corrected chi connectivity index (χ1v) is 7.54. The van der Waals surface area contributed by atoms with Crippen LogP contribution in [0, 0.1) is 0 Å². The van der Waals surface area contributed by atoms with Crippen LogP contribution in [0.1, 0.15) is 23.0 Å². The van der Waals surface area contributed by atoms with Crippen molar-refractivity contribution < 1.29 is 14.3 Å². The Labute approximate surface area is 139 Å². The zero-order valence-corrected chi connectivity index (χ0v) is 13.6. The number of aromatic nitrogens is 2. The van der Waals surface area contributed by atoms with Crippen molar-refractivity contribution in [2.75, 3.05) is 13.2 Å². The summed E-state index contributed by atoms with van der Waals surface area (Å²) in [6.07, 6.45) is 0. The second kappa shape index (κ2) is 8.05. The van der Waals surface area contributed by atoms with E-state index >= 15 is 0 Å². The van der Waals surface area contributed by atoms with E-state index in [2.05, 4.69) is 5.10 Å². The molecule has 0 aliphatic rings. The van der Waals surface area contributed by atoms with Crippen molar-refractivity contribution in [1.82, 2.24) is 14.7 Å². The van der Waals surface area contributed by atoms with Crippen molar-refractivity contribution >= 4 is 11.9 Å². The van der Waals surface area contributed by atoms with Crippen LogP contribution in [-0.4, -0.2) is 39.7 Å². The van der Waals surface area contributed by atoms with Crippen LogP contribution in [0.3, 0.4) is 0 Å². The van der Waals surface area contributed by atoms with Crippen molar-refractivity contribution in [3.63, 3.8) is 0 Å². The van der Waals surface area contributed by atoms with Crippen LogP contribution in [0.25, 0.3) is 0 Å². The van der Waals surface area contributed by atoms with Gasteiger partial charge < -0.3 is 9.64 Å². The maximum atomic E-state index is 12.2. The van der Waals surface area contributed by atoms with Crippen molar-refractivity contribution in [2.24, 2.45) is 7.05 Å². The summed E-state index contributed by atoms with van der Waals surface area (Å²) in [5.74, 6) is -1.03. The molecule has 0 bridgehead atoms. The van der Waals surface area contributed by atoms with Gasteiger partial charge in [0.05, 0.1) is 0 Å². The van der Waals surface area contributed by atoms with Gasteiger partial charge >= 0.3 is 5.97 Å². The molecule has 0 fully saturated rings. The van der Waals surface area contributed by atoms with Gasteiger partial charge in [-0.2, -0.15) is 5.10 Å². The number of hydrogen-bond donors (Lipinski definition) is 0. The highest BCUT2D eigenvalue weighted by Gasteiger charge is 2.16. The molecule has 0 atom stereocenters. The number of benzene rings is 1. The largest absolute Gasteiger partial charge is 0.451 e. The number of likely N-dealkylation sites (N-methyl/N-ethyl adjacent to an activating group) is 1. The average molecular weight is 329 g/mol. The first-order chi connectivity index (χ1) is 11.5. The van der Waals surface area contributed by atoms with Crippen LogP contribution in [-0.2, 0) is 23.1 Å². The molecule has 24 heavy (non-hydrogen) atoms. The Bertz CT molecular complexity index is 771. The fraction of sp³-hybridized carbons (Fsp3) is 0.294. The minimum atomic E-state index is -0.741. The van der Waals surface area contributed by atoms with Crippen LogP contribution in [0.5, 0.6) is 0 Å². The number of carbonyl (C=O) groups excluding carboxylic acids is 2. The Kier molecular flexibility index (Phi) is 5.83. The molecule has 7 heteroatoms. The molecule has 0 aliphatic heterocycles. The molecule has 2 aromatic rings. The van der Waals surface area contributed by atoms with Gasteiger partial charge in [0.15, 0.2) is 12.3 Å². The van der Waals surface area contributed by atoms with Crippen molar-refractivity contribution in [3.8, 4) is 0 Å². The Hall–Kier alpha value is -2.96. The number of esters is 1. The molecule has 7 nitrogen and oxygen atoms in total. The normalized spacial score (nSPS) is 10.2. The zero-order valence-electron chi connectivity index (χ0n) is 13.6. The fourth-order valence-electron chi connectivity index (χ4n) is 2.08. The van der Waals surface area contributed by atoms with Crippen LogP contribution in [0.2, 0.25) is 0 Å². The molecule has 0 N–H and O–H groups in total. The third-order valence-electron chi connectivity index (χ3n) is 3.45. The highest BCUT2D eigenvalue weighted by Crippen LogP contribution is 2.05. The summed E-state index contributed by atoms with van der Waals surface area (Å²) in [4.78, 5) is 37.0. The molecular formula is C17H19N3O4. The van der Waals surface area contributed by atoms with E-state index in [-0.39, 0.29) is 23.8 Å². The lowest BCUT2D eigenvalue weighted by atomic mass is 10.2. The number of rotatable bonds is 6. The molecule has 1 aromatic carbocycles. The maximum Gasteiger partial charge on any atom is 0.359 e. The SMILES string of the molecule is CCN(Cc1ccccc1)C(=O)COC(=O)c1ccc(=O)n(C)n1. The van der Waals surface area contributed by atoms with Gasteiger partial charge in [-0.3, -0.25) is 9.59 Å². The quantitative estimate of drug-likeness (QED) is 0.738. The summed E-state index contributed by atoms with van der Waals surface area (Å²) < 4.78 is 6.03. The third-order valence-corrected chi connectivity index (χ3v) is 3.45. The monoisotopic (exact) mass is 329 g/mol. The minimum absolute atomic E-state index is 0.0176. The van der Waals surface area contributed by atoms with Gasteiger partial charge in [-0.1, -0.05) is 30.3 Å². The smallest absolute Gasteiger partial charge is 0.359 e.